The second kappa shape index (κ2) is 8.22. The third-order valence-corrected chi connectivity index (χ3v) is 2.82. The Kier molecular flexibility index (Phi) is 6.60. The molecule has 1 aromatic carbocycles. The smallest absolute Gasteiger partial charge is 0.344 e. The lowest BCUT2D eigenvalue weighted by molar-refractivity contribution is -0.385. The molecule has 1 aromatic rings. The summed E-state index contributed by atoms with van der Waals surface area (Å²) in [4.78, 5) is 45.0. The molecule has 0 aromatic heterocycles. The van der Waals surface area contributed by atoms with E-state index in [0.29, 0.717) is 5.56 Å². The maximum absolute atomic E-state index is 11.9. The van der Waals surface area contributed by atoms with Crippen LogP contribution in [0.25, 0.3) is 0 Å². The van der Waals surface area contributed by atoms with E-state index in [2.05, 4.69) is 5.32 Å². The fourth-order valence-electron chi connectivity index (χ4n) is 1.82. The number of nitrogens with zero attached hydrogens (tertiary/aromatic N) is 1. The van der Waals surface area contributed by atoms with Crippen LogP contribution in [0.15, 0.2) is 18.2 Å². The molecule has 0 saturated heterocycles. The summed E-state index contributed by atoms with van der Waals surface area (Å²) >= 11 is 0. The molecule has 0 radical (unpaired) electrons. The molecule has 0 aliphatic heterocycles. The van der Waals surface area contributed by atoms with Gasteiger partial charge in [-0.3, -0.25) is 19.7 Å². The van der Waals surface area contributed by atoms with Gasteiger partial charge in [-0.05, 0) is 39.8 Å². The second-order valence-electron chi connectivity index (χ2n) is 6.19. The van der Waals surface area contributed by atoms with Gasteiger partial charge in [0.25, 0.3) is 11.6 Å². The summed E-state index contributed by atoms with van der Waals surface area (Å²) < 4.78 is 9.66. The first-order valence-electron chi connectivity index (χ1n) is 7.40. The van der Waals surface area contributed by atoms with E-state index in [4.69, 9.17) is 9.47 Å². The van der Waals surface area contributed by atoms with E-state index in [-0.39, 0.29) is 11.3 Å². The molecular formula is C16H20N2O7. The topological polar surface area (TPSA) is 125 Å². The number of hydrogen-bond acceptors (Lipinski definition) is 7. The molecule has 0 unspecified atom stereocenters. The number of nitrogens with one attached hydrogen (secondary N) is 1. The normalized spacial score (nSPS) is 10.7. The lowest BCUT2D eigenvalue weighted by atomic mass is 10.1. The van der Waals surface area contributed by atoms with Gasteiger partial charge in [0.1, 0.15) is 12.1 Å². The number of rotatable bonds is 6. The number of carbonyl (C=O) groups excluding carboxylic acids is 3. The van der Waals surface area contributed by atoms with Gasteiger partial charge in [0.15, 0.2) is 6.61 Å². The molecule has 25 heavy (non-hydrogen) atoms. The van der Waals surface area contributed by atoms with Crippen molar-refractivity contribution in [3.63, 3.8) is 0 Å². The zero-order valence-corrected chi connectivity index (χ0v) is 14.5. The maximum Gasteiger partial charge on any atom is 0.344 e. The first kappa shape index (κ1) is 20.1. The van der Waals surface area contributed by atoms with Gasteiger partial charge in [0.05, 0.1) is 4.92 Å². The number of carbonyl (C=O) groups is 3. The largest absolute Gasteiger partial charge is 0.457 e. The maximum atomic E-state index is 11.9. The average Bonchev–Trinajstić information content (AvgIpc) is 2.48. The van der Waals surface area contributed by atoms with Crippen molar-refractivity contribution >= 4 is 23.5 Å². The third kappa shape index (κ3) is 6.98. The van der Waals surface area contributed by atoms with E-state index < -0.39 is 41.5 Å². The van der Waals surface area contributed by atoms with Crippen molar-refractivity contribution in [2.24, 2.45) is 0 Å². The van der Waals surface area contributed by atoms with Crippen LogP contribution in [0.3, 0.4) is 0 Å². The molecule has 1 rings (SSSR count). The molecule has 9 heteroatoms. The van der Waals surface area contributed by atoms with Gasteiger partial charge in [-0.15, -0.1) is 0 Å². The fraction of sp³-hybridized carbons (Fsp3) is 0.438. The summed E-state index contributed by atoms with van der Waals surface area (Å²) in [5.41, 5.74) is -0.299. The van der Waals surface area contributed by atoms with Crippen molar-refractivity contribution in [2.75, 3.05) is 13.2 Å². The second-order valence-corrected chi connectivity index (χ2v) is 6.19. The highest BCUT2D eigenvalue weighted by Gasteiger charge is 2.18. The van der Waals surface area contributed by atoms with Crippen LogP contribution in [0.4, 0.5) is 5.69 Å². The molecule has 0 bridgehead atoms. The van der Waals surface area contributed by atoms with Crippen molar-refractivity contribution in [1.82, 2.24) is 5.32 Å². The number of nitro groups is 1. The molecule has 136 valence electrons. The third-order valence-electron chi connectivity index (χ3n) is 2.82. The van der Waals surface area contributed by atoms with Crippen LogP contribution in [0.2, 0.25) is 0 Å². The van der Waals surface area contributed by atoms with E-state index in [1.807, 2.05) is 0 Å². The molecule has 1 amide bonds. The van der Waals surface area contributed by atoms with Crippen LogP contribution >= 0.6 is 0 Å². The highest BCUT2D eigenvalue weighted by Crippen LogP contribution is 2.18. The van der Waals surface area contributed by atoms with E-state index in [1.165, 1.54) is 25.1 Å². The van der Waals surface area contributed by atoms with Gasteiger partial charge in [0.2, 0.25) is 0 Å². The molecular weight excluding hydrogens is 332 g/mol. The Labute approximate surface area is 144 Å². The van der Waals surface area contributed by atoms with E-state index in [0.717, 1.165) is 0 Å². The number of ether oxygens (including phenoxy) is 2. The van der Waals surface area contributed by atoms with Crippen LogP contribution in [0.1, 0.15) is 36.7 Å². The Morgan fingerprint density at radius 2 is 1.84 bits per heavy atom. The molecule has 0 atom stereocenters. The highest BCUT2D eigenvalue weighted by molar-refractivity contribution is 5.96. The summed E-state index contributed by atoms with van der Waals surface area (Å²) in [7, 11) is 0. The van der Waals surface area contributed by atoms with Crippen molar-refractivity contribution in [1.29, 1.82) is 0 Å². The minimum Gasteiger partial charge on any atom is -0.457 e. The standard InChI is InChI=1S/C16H20N2O7/c1-10-7-11(5-6-12(10)18(22)23)15(21)17-8-13(19)24-9-14(20)25-16(2,3)4/h5-7H,8-9H2,1-4H3,(H,17,21). The van der Waals surface area contributed by atoms with E-state index in [1.54, 1.807) is 20.8 Å². The Morgan fingerprint density at radius 3 is 2.36 bits per heavy atom. The summed E-state index contributed by atoms with van der Waals surface area (Å²) in [6, 6.07) is 3.84. The lowest BCUT2D eigenvalue weighted by Gasteiger charge is -2.19. The number of amides is 1. The van der Waals surface area contributed by atoms with Gasteiger partial charge >= 0.3 is 11.9 Å². The Balaban J connectivity index is 2.48. The first-order chi connectivity index (χ1) is 11.5. The van der Waals surface area contributed by atoms with Crippen molar-refractivity contribution in [2.45, 2.75) is 33.3 Å². The van der Waals surface area contributed by atoms with Crippen molar-refractivity contribution in [3.8, 4) is 0 Å². The van der Waals surface area contributed by atoms with Crippen LogP contribution in [0, 0.1) is 17.0 Å². The number of aryl methyl sites for hydroxylation is 1. The summed E-state index contributed by atoms with van der Waals surface area (Å²) in [6.45, 7) is 5.54. The predicted molar refractivity (Wildman–Crippen MR) is 87.0 cm³/mol. The van der Waals surface area contributed by atoms with E-state index >= 15 is 0 Å². The molecule has 9 nitrogen and oxygen atoms in total. The molecule has 0 fully saturated rings. The number of benzene rings is 1. The zero-order chi connectivity index (χ0) is 19.2. The van der Waals surface area contributed by atoms with Crippen LogP contribution < -0.4 is 5.32 Å². The first-order valence-corrected chi connectivity index (χ1v) is 7.40. The van der Waals surface area contributed by atoms with Gasteiger partial charge in [-0.25, -0.2) is 4.79 Å². The summed E-state index contributed by atoms with van der Waals surface area (Å²) in [5, 5.41) is 13.0. The van der Waals surface area contributed by atoms with Crippen LogP contribution in [0.5, 0.6) is 0 Å². The summed E-state index contributed by atoms with van der Waals surface area (Å²) in [6.07, 6.45) is 0. The number of hydrogen-bond donors (Lipinski definition) is 1. The van der Waals surface area contributed by atoms with Gasteiger partial charge in [-0.2, -0.15) is 0 Å². The SMILES string of the molecule is Cc1cc(C(=O)NCC(=O)OCC(=O)OC(C)(C)C)ccc1[N+](=O)[O-]. The van der Waals surface area contributed by atoms with Crippen molar-refractivity contribution < 1.29 is 28.8 Å². The average molecular weight is 352 g/mol. The van der Waals surface area contributed by atoms with E-state index in [9.17, 15) is 24.5 Å². The quantitative estimate of drug-likeness (QED) is 0.467. The molecule has 1 N–H and O–H groups in total. The van der Waals surface area contributed by atoms with Gasteiger partial charge in [-0.1, -0.05) is 0 Å². The summed E-state index contributed by atoms with van der Waals surface area (Å²) in [5.74, 6) is -2.09. The predicted octanol–water partition coefficient (Wildman–Crippen LogP) is 1.52. The monoisotopic (exact) mass is 352 g/mol. The Bertz CT molecular complexity index is 692. The fourth-order valence-corrected chi connectivity index (χ4v) is 1.82. The van der Waals surface area contributed by atoms with Crippen molar-refractivity contribution in [3.05, 3.63) is 39.4 Å². The molecule has 0 aliphatic rings. The van der Waals surface area contributed by atoms with Gasteiger partial charge < -0.3 is 14.8 Å². The van der Waals surface area contributed by atoms with Gasteiger partial charge in [0, 0.05) is 17.2 Å². The van der Waals surface area contributed by atoms with Crippen LogP contribution in [-0.2, 0) is 19.1 Å². The lowest BCUT2D eigenvalue weighted by Crippen LogP contribution is -2.33. The molecule has 0 spiro atoms. The minimum atomic E-state index is -0.808. The number of nitro benzene ring substituents is 1. The number of esters is 2. The highest BCUT2D eigenvalue weighted by atomic mass is 16.6. The van der Waals surface area contributed by atoms with Crippen LogP contribution in [-0.4, -0.2) is 41.5 Å². The Morgan fingerprint density at radius 1 is 1.20 bits per heavy atom. The molecule has 0 heterocycles. The molecule has 0 aliphatic carbocycles. The molecule has 0 saturated carbocycles. The minimum absolute atomic E-state index is 0.103. The zero-order valence-electron chi connectivity index (χ0n) is 14.5. The Hall–Kier alpha value is -2.97.